The molecule has 0 aliphatic rings. The predicted octanol–water partition coefficient (Wildman–Crippen LogP) is -0.754. The molecule has 0 aromatic carbocycles. The summed E-state index contributed by atoms with van der Waals surface area (Å²) in [5, 5.41) is 45.5. The quantitative estimate of drug-likeness (QED) is 0.200. The van der Waals surface area contributed by atoms with Gasteiger partial charge >= 0.3 is 5.69 Å². The summed E-state index contributed by atoms with van der Waals surface area (Å²) < 4.78 is 12.9. The Morgan fingerprint density at radius 3 is 2.76 bits per heavy atom. The summed E-state index contributed by atoms with van der Waals surface area (Å²) in [6.07, 6.45) is -0.608. The fourth-order valence-corrected chi connectivity index (χ4v) is 3.27. The third-order valence-electron chi connectivity index (χ3n) is 4.83. The molecule has 0 aliphatic heterocycles. The van der Waals surface area contributed by atoms with E-state index in [1.165, 1.54) is 34.0 Å². The minimum atomic E-state index is -1.66. The Kier molecular flexibility index (Phi) is 6.19. The zero-order chi connectivity index (χ0) is 23.7. The van der Waals surface area contributed by atoms with E-state index in [4.69, 9.17) is 21.1 Å². The lowest BCUT2D eigenvalue weighted by molar-refractivity contribution is -0.0737. The van der Waals surface area contributed by atoms with Crippen molar-refractivity contribution < 1.29 is 24.2 Å². The van der Waals surface area contributed by atoms with Crippen molar-refractivity contribution in [2.24, 2.45) is 0 Å². The van der Waals surface area contributed by atoms with Crippen LogP contribution >= 0.6 is 12.2 Å². The van der Waals surface area contributed by atoms with E-state index >= 15 is 0 Å². The van der Waals surface area contributed by atoms with Gasteiger partial charge in [-0.05, 0) is 25.2 Å². The number of furan rings is 1. The minimum absolute atomic E-state index is 0.0218. The van der Waals surface area contributed by atoms with Crippen molar-refractivity contribution >= 4 is 12.2 Å². The van der Waals surface area contributed by atoms with Crippen molar-refractivity contribution in [3.05, 3.63) is 67.4 Å². The number of aliphatic hydroxyl groups is 3. The lowest BCUT2D eigenvalue weighted by Gasteiger charge is -2.21. The highest BCUT2D eigenvalue weighted by molar-refractivity contribution is 7.71. The topological polar surface area (TPSA) is 201 Å². The lowest BCUT2D eigenvalue weighted by atomic mass is 10.0. The standard InChI is InChI=1S/C18H19N7O7S/c1-8-4-24(17(30)19-15(8)29)5-9-6-25(23-20-9)7-11(26)12(27)13(28)14-10(2-3-31-14)16-21-22-18(33)32-16/h2-4,6,11-13,26-28H,5,7H2,1H3,(H,22,33)(H,19,29,30)/t11-,12-,13+/m1/s1. The number of nitrogens with one attached hydrogen (secondary N) is 2. The number of hydrogen-bond acceptors (Lipinski definition) is 11. The van der Waals surface area contributed by atoms with Crippen LogP contribution in [-0.4, -0.2) is 62.3 Å². The third-order valence-corrected chi connectivity index (χ3v) is 5.01. The van der Waals surface area contributed by atoms with Crippen LogP contribution in [0.15, 0.2) is 43.1 Å². The van der Waals surface area contributed by atoms with Crippen LogP contribution in [0.4, 0.5) is 0 Å². The molecule has 15 heteroatoms. The first-order chi connectivity index (χ1) is 15.7. The second-order valence-corrected chi connectivity index (χ2v) is 7.62. The first-order valence-corrected chi connectivity index (χ1v) is 10.0. The molecule has 0 saturated heterocycles. The molecule has 33 heavy (non-hydrogen) atoms. The monoisotopic (exact) mass is 477 g/mol. The van der Waals surface area contributed by atoms with Crippen molar-refractivity contribution in [2.45, 2.75) is 38.3 Å². The minimum Gasteiger partial charge on any atom is -0.466 e. The van der Waals surface area contributed by atoms with Gasteiger partial charge in [-0.3, -0.25) is 14.3 Å². The molecule has 0 aliphatic carbocycles. The van der Waals surface area contributed by atoms with Gasteiger partial charge in [0.2, 0.25) is 5.89 Å². The maximum absolute atomic E-state index is 11.9. The van der Waals surface area contributed by atoms with E-state index < -0.39 is 29.6 Å². The Balaban J connectivity index is 1.44. The van der Waals surface area contributed by atoms with Gasteiger partial charge in [-0.1, -0.05) is 5.21 Å². The van der Waals surface area contributed by atoms with Crippen LogP contribution in [0.3, 0.4) is 0 Å². The molecule has 4 aromatic heterocycles. The van der Waals surface area contributed by atoms with Gasteiger partial charge in [-0.25, -0.2) is 14.6 Å². The van der Waals surface area contributed by atoms with Gasteiger partial charge in [0.1, 0.15) is 29.8 Å². The summed E-state index contributed by atoms with van der Waals surface area (Å²) in [4.78, 5) is 25.6. The van der Waals surface area contributed by atoms with Gasteiger partial charge in [0, 0.05) is 11.8 Å². The van der Waals surface area contributed by atoms with Crippen molar-refractivity contribution in [1.82, 2.24) is 34.7 Å². The molecule has 3 atom stereocenters. The van der Waals surface area contributed by atoms with Crippen molar-refractivity contribution in [1.29, 1.82) is 0 Å². The summed E-state index contributed by atoms with van der Waals surface area (Å²) >= 11 is 4.83. The molecule has 174 valence electrons. The Hall–Kier alpha value is -3.66. The molecule has 0 bridgehead atoms. The lowest BCUT2D eigenvalue weighted by Crippen LogP contribution is -2.35. The van der Waals surface area contributed by atoms with E-state index in [0.29, 0.717) is 11.3 Å². The van der Waals surface area contributed by atoms with Crippen LogP contribution in [0.25, 0.3) is 11.5 Å². The molecule has 0 amide bonds. The SMILES string of the molecule is Cc1cn(Cc2cn(C[C@@H](O)[C@@H](O)[C@H](O)c3occc3-c3n[nH]c(=S)o3)nn2)c(=O)[nH]c1=O. The molecule has 4 heterocycles. The smallest absolute Gasteiger partial charge is 0.328 e. The average Bonchev–Trinajstić information content (AvgIpc) is 3.52. The highest BCUT2D eigenvalue weighted by Crippen LogP contribution is 2.31. The van der Waals surface area contributed by atoms with E-state index in [-0.39, 0.29) is 35.1 Å². The van der Waals surface area contributed by atoms with Crippen LogP contribution in [-0.2, 0) is 13.1 Å². The van der Waals surface area contributed by atoms with Gasteiger partial charge < -0.3 is 24.2 Å². The summed E-state index contributed by atoms with van der Waals surface area (Å²) in [6.45, 7) is 1.38. The molecule has 0 saturated carbocycles. The number of aliphatic hydroxyl groups excluding tert-OH is 3. The molecular formula is C18H19N7O7S. The highest BCUT2D eigenvalue weighted by Gasteiger charge is 2.32. The van der Waals surface area contributed by atoms with Gasteiger partial charge in [0.05, 0.1) is 31.1 Å². The highest BCUT2D eigenvalue weighted by atomic mass is 32.1. The van der Waals surface area contributed by atoms with Gasteiger partial charge in [-0.2, -0.15) is 0 Å². The zero-order valence-corrected chi connectivity index (χ0v) is 17.9. The van der Waals surface area contributed by atoms with E-state index in [9.17, 15) is 24.9 Å². The first-order valence-electron chi connectivity index (χ1n) is 9.59. The number of aromatic amines is 2. The van der Waals surface area contributed by atoms with Crippen molar-refractivity contribution in [3.8, 4) is 11.5 Å². The van der Waals surface area contributed by atoms with E-state index in [2.05, 4.69) is 25.5 Å². The van der Waals surface area contributed by atoms with Crippen LogP contribution in [0, 0.1) is 11.8 Å². The number of nitrogens with zero attached hydrogens (tertiary/aromatic N) is 5. The average molecular weight is 477 g/mol. The first kappa shape index (κ1) is 22.5. The second kappa shape index (κ2) is 9.07. The Morgan fingerprint density at radius 1 is 1.24 bits per heavy atom. The molecule has 0 spiro atoms. The molecule has 5 N–H and O–H groups in total. The third kappa shape index (κ3) is 4.75. The molecule has 14 nitrogen and oxygen atoms in total. The van der Waals surface area contributed by atoms with Gasteiger partial charge in [-0.15, -0.1) is 10.2 Å². The predicted molar refractivity (Wildman–Crippen MR) is 112 cm³/mol. The molecule has 0 radical (unpaired) electrons. The van der Waals surface area contributed by atoms with E-state index in [1.54, 1.807) is 6.92 Å². The normalized spacial score (nSPS) is 14.3. The number of rotatable bonds is 8. The number of hydrogen-bond donors (Lipinski definition) is 5. The maximum atomic E-state index is 11.9. The Morgan fingerprint density at radius 2 is 2.03 bits per heavy atom. The van der Waals surface area contributed by atoms with Gasteiger partial charge in [0.25, 0.3) is 10.4 Å². The van der Waals surface area contributed by atoms with Crippen LogP contribution in [0.1, 0.15) is 23.1 Å². The Bertz CT molecular complexity index is 1430. The summed E-state index contributed by atoms with van der Waals surface area (Å²) in [7, 11) is 0. The largest absolute Gasteiger partial charge is 0.466 e. The number of aryl methyl sites for hydroxylation is 1. The van der Waals surface area contributed by atoms with Crippen molar-refractivity contribution in [3.63, 3.8) is 0 Å². The second-order valence-electron chi connectivity index (χ2n) is 7.25. The number of H-pyrrole nitrogens is 2. The molecule has 4 aromatic rings. The maximum Gasteiger partial charge on any atom is 0.328 e. The Labute approximate surface area is 188 Å². The van der Waals surface area contributed by atoms with Crippen LogP contribution in [0.5, 0.6) is 0 Å². The zero-order valence-electron chi connectivity index (χ0n) is 17.1. The molecular weight excluding hydrogens is 458 g/mol. The number of aromatic nitrogens is 7. The molecule has 0 unspecified atom stereocenters. The van der Waals surface area contributed by atoms with Gasteiger partial charge in [0.15, 0.2) is 0 Å². The summed E-state index contributed by atoms with van der Waals surface area (Å²) in [6, 6.07) is 1.47. The van der Waals surface area contributed by atoms with Crippen LogP contribution < -0.4 is 11.2 Å². The fourth-order valence-electron chi connectivity index (χ4n) is 3.15. The van der Waals surface area contributed by atoms with Crippen LogP contribution in [0.2, 0.25) is 0 Å². The molecule has 4 rings (SSSR count). The summed E-state index contributed by atoms with van der Waals surface area (Å²) in [5.74, 6) is -0.0166. The fraction of sp³-hybridized carbons (Fsp3) is 0.333. The van der Waals surface area contributed by atoms with Crippen molar-refractivity contribution in [2.75, 3.05) is 0 Å². The van der Waals surface area contributed by atoms with E-state index in [0.717, 1.165) is 0 Å². The summed E-state index contributed by atoms with van der Waals surface area (Å²) in [5.41, 5.74) is -0.0799. The molecule has 0 fully saturated rings. The van der Waals surface area contributed by atoms with E-state index in [1.807, 2.05) is 0 Å².